The number of ether oxygens (including phenoxy) is 1. The number of benzene rings is 1. The zero-order chi connectivity index (χ0) is 15.1. The third-order valence-corrected chi connectivity index (χ3v) is 3.09. The number of pyridine rings is 1. The number of aliphatic hydroxyl groups is 1. The number of aromatic nitrogens is 1. The van der Waals surface area contributed by atoms with Gasteiger partial charge >= 0.3 is 5.97 Å². The van der Waals surface area contributed by atoms with E-state index in [0.29, 0.717) is 18.7 Å². The number of nitrogens with zero attached hydrogens (tertiary/aromatic N) is 2. The van der Waals surface area contributed by atoms with Crippen molar-refractivity contribution in [2.75, 3.05) is 25.2 Å². The summed E-state index contributed by atoms with van der Waals surface area (Å²) in [5.41, 5.74) is 1.55. The largest absolute Gasteiger partial charge is 0.465 e. The maximum absolute atomic E-state index is 11.4. The second kappa shape index (κ2) is 7.40. The fraction of sp³-hybridized carbons (Fsp3) is 0.250. The number of carbonyl (C=O) groups excluding carboxylic acids is 1. The highest BCUT2D eigenvalue weighted by molar-refractivity contribution is 5.89. The summed E-state index contributed by atoms with van der Waals surface area (Å²) in [4.78, 5) is 17.7. The van der Waals surface area contributed by atoms with E-state index < -0.39 is 0 Å². The molecule has 0 amide bonds. The maximum Gasteiger partial charge on any atom is 0.337 e. The lowest BCUT2D eigenvalue weighted by Gasteiger charge is -2.22. The van der Waals surface area contributed by atoms with Crippen molar-refractivity contribution in [1.82, 2.24) is 4.98 Å². The lowest BCUT2D eigenvalue weighted by atomic mass is 10.1. The first-order valence-electron chi connectivity index (χ1n) is 6.68. The number of carbonyl (C=O) groups is 1. The molecule has 0 radical (unpaired) electrons. The second-order valence-corrected chi connectivity index (χ2v) is 4.52. The Morgan fingerprint density at radius 1 is 1.24 bits per heavy atom. The molecule has 2 aromatic rings. The molecule has 1 aromatic carbocycles. The summed E-state index contributed by atoms with van der Waals surface area (Å²) in [6.45, 7) is 1.16. The molecule has 5 heteroatoms. The average Bonchev–Trinajstić information content (AvgIpc) is 2.55. The number of anilines is 1. The molecule has 0 atom stereocenters. The van der Waals surface area contributed by atoms with Gasteiger partial charge in [0.1, 0.15) is 5.82 Å². The van der Waals surface area contributed by atoms with Gasteiger partial charge in [-0.2, -0.15) is 0 Å². The van der Waals surface area contributed by atoms with Crippen LogP contribution in [0.2, 0.25) is 0 Å². The summed E-state index contributed by atoms with van der Waals surface area (Å²) in [6.07, 6.45) is 1.72. The number of esters is 1. The summed E-state index contributed by atoms with van der Waals surface area (Å²) < 4.78 is 4.67. The van der Waals surface area contributed by atoms with Crippen molar-refractivity contribution in [1.29, 1.82) is 0 Å². The van der Waals surface area contributed by atoms with Gasteiger partial charge in [-0.25, -0.2) is 9.78 Å². The lowest BCUT2D eigenvalue weighted by Crippen LogP contribution is -2.26. The Balaban J connectivity index is 2.12. The van der Waals surface area contributed by atoms with Crippen LogP contribution in [0.4, 0.5) is 5.82 Å². The molecular weight excluding hydrogens is 268 g/mol. The molecule has 21 heavy (non-hydrogen) atoms. The Hall–Kier alpha value is -2.40. The van der Waals surface area contributed by atoms with E-state index in [9.17, 15) is 9.90 Å². The highest BCUT2D eigenvalue weighted by atomic mass is 16.5. The molecule has 5 nitrogen and oxygen atoms in total. The van der Waals surface area contributed by atoms with Crippen molar-refractivity contribution < 1.29 is 14.6 Å². The van der Waals surface area contributed by atoms with Crippen LogP contribution < -0.4 is 4.90 Å². The van der Waals surface area contributed by atoms with Crippen LogP contribution in [-0.4, -0.2) is 36.3 Å². The van der Waals surface area contributed by atoms with Crippen LogP contribution in [0.3, 0.4) is 0 Å². The zero-order valence-electron chi connectivity index (χ0n) is 11.9. The minimum Gasteiger partial charge on any atom is -0.465 e. The van der Waals surface area contributed by atoms with Crippen molar-refractivity contribution in [3.05, 3.63) is 59.8 Å². The van der Waals surface area contributed by atoms with E-state index in [-0.39, 0.29) is 12.6 Å². The van der Waals surface area contributed by atoms with Crippen LogP contribution in [0.1, 0.15) is 15.9 Å². The zero-order valence-corrected chi connectivity index (χ0v) is 11.9. The van der Waals surface area contributed by atoms with E-state index in [0.717, 1.165) is 11.4 Å². The Bertz CT molecular complexity index is 570. The third kappa shape index (κ3) is 4.03. The SMILES string of the molecule is COC(=O)c1ccc(CN(CCO)c2ccccn2)cc1. The van der Waals surface area contributed by atoms with E-state index in [1.54, 1.807) is 18.3 Å². The molecule has 0 aliphatic carbocycles. The predicted molar refractivity (Wildman–Crippen MR) is 80.2 cm³/mol. The molecule has 0 saturated carbocycles. The van der Waals surface area contributed by atoms with Gasteiger partial charge in [-0.3, -0.25) is 0 Å². The summed E-state index contributed by atoms with van der Waals surface area (Å²) in [5, 5.41) is 9.19. The normalized spacial score (nSPS) is 10.2. The van der Waals surface area contributed by atoms with Crippen molar-refractivity contribution in [2.24, 2.45) is 0 Å². The predicted octanol–water partition coefficient (Wildman–Crippen LogP) is 1.87. The van der Waals surface area contributed by atoms with Crippen LogP contribution in [0.15, 0.2) is 48.7 Å². The van der Waals surface area contributed by atoms with Gasteiger partial charge in [-0.15, -0.1) is 0 Å². The number of aliphatic hydroxyl groups excluding tert-OH is 1. The fourth-order valence-electron chi connectivity index (χ4n) is 2.02. The smallest absolute Gasteiger partial charge is 0.337 e. The molecule has 0 aliphatic rings. The van der Waals surface area contributed by atoms with Gasteiger partial charge in [-0.1, -0.05) is 18.2 Å². The van der Waals surface area contributed by atoms with Crippen LogP contribution >= 0.6 is 0 Å². The first kappa shape index (κ1) is 15.0. The van der Waals surface area contributed by atoms with Gasteiger partial charge in [-0.05, 0) is 29.8 Å². The molecular formula is C16H18N2O3. The average molecular weight is 286 g/mol. The van der Waals surface area contributed by atoms with Crippen LogP contribution in [0.25, 0.3) is 0 Å². The molecule has 0 saturated heterocycles. The van der Waals surface area contributed by atoms with Gasteiger partial charge in [0.05, 0.1) is 19.3 Å². The van der Waals surface area contributed by atoms with E-state index in [1.165, 1.54) is 7.11 Å². The molecule has 0 unspecified atom stereocenters. The van der Waals surface area contributed by atoms with Gasteiger partial charge in [0, 0.05) is 19.3 Å². The van der Waals surface area contributed by atoms with Crippen LogP contribution in [0.5, 0.6) is 0 Å². The fourth-order valence-corrected chi connectivity index (χ4v) is 2.02. The van der Waals surface area contributed by atoms with E-state index >= 15 is 0 Å². The molecule has 1 N–H and O–H groups in total. The summed E-state index contributed by atoms with van der Waals surface area (Å²) in [7, 11) is 1.36. The Morgan fingerprint density at radius 2 is 2.00 bits per heavy atom. The molecule has 1 aromatic heterocycles. The minimum absolute atomic E-state index is 0.0524. The Morgan fingerprint density at radius 3 is 2.57 bits per heavy atom. The Kier molecular flexibility index (Phi) is 5.29. The quantitative estimate of drug-likeness (QED) is 0.821. The monoisotopic (exact) mass is 286 g/mol. The molecule has 0 bridgehead atoms. The van der Waals surface area contributed by atoms with Gasteiger partial charge < -0.3 is 14.7 Å². The molecule has 0 aliphatic heterocycles. The second-order valence-electron chi connectivity index (χ2n) is 4.52. The van der Waals surface area contributed by atoms with Gasteiger partial charge in [0.2, 0.25) is 0 Å². The highest BCUT2D eigenvalue weighted by Crippen LogP contribution is 2.14. The lowest BCUT2D eigenvalue weighted by molar-refractivity contribution is 0.0600. The van der Waals surface area contributed by atoms with Crippen molar-refractivity contribution in [2.45, 2.75) is 6.54 Å². The highest BCUT2D eigenvalue weighted by Gasteiger charge is 2.09. The molecule has 0 fully saturated rings. The Labute approximate surface area is 123 Å². The van der Waals surface area contributed by atoms with E-state index in [1.807, 2.05) is 35.2 Å². The van der Waals surface area contributed by atoms with Crippen molar-refractivity contribution >= 4 is 11.8 Å². The van der Waals surface area contributed by atoms with Crippen molar-refractivity contribution in [3.63, 3.8) is 0 Å². The van der Waals surface area contributed by atoms with Crippen molar-refractivity contribution in [3.8, 4) is 0 Å². The van der Waals surface area contributed by atoms with Crippen LogP contribution in [0, 0.1) is 0 Å². The van der Waals surface area contributed by atoms with E-state index in [2.05, 4.69) is 9.72 Å². The number of hydrogen-bond donors (Lipinski definition) is 1. The molecule has 0 spiro atoms. The number of hydrogen-bond acceptors (Lipinski definition) is 5. The third-order valence-electron chi connectivity index (χ3n) is 3.09. The first-order valence-corrected chi connectivity index (χ1v) is 6.68. The van der Waals surface area contributed by atoms with Crippen LogP contribution in [-0.2, 0) is 11.3 Å². The van der Waals surface area contributed by atoms with Gasteiger partial charge in [0.15, 0.2) is 0 Å². The van der Waals surface area contributed by atoms with E-state index in [4.69, 9.17) is 0 Å². The summed E-state index contributed by atoms with van der Waals surface area (Å²) in [5.74, 6) is 0.460. The van der Waals surface area contributed by atoms with Gasteiger partial charge in [0.25, 0.3) is 0 Å². The summed E-state index contributed by atoms with van der Waals surface area (Å²) >= 11 is 0. The topological polar surface area (TPSA) is 62.7 Å². The standard InChI is InChI=1S/C16H18N2O3/c1-21-16(20)14-7-5-13(6-8-14)12-18(10-11-19)15-4-2-3-9-17-15/h2-9,19H,10-12H2,1H3. The molecule has 1 heterocycles. The minimum atomic E-state index is -0.349. The molecule has 110 valence electrons. The first-order chi connectivity index (χ1) is 10.2. The maximum atomic E-state index is 11.4. The number of rotatable bonds is 6. The molecule has 2 rings (SSSR count). The summed E-state index contributed by atoms with van der Waals surface area (Å²) in [6, 6.07) is 12.9. The number of methoxy groups -OCH3 is 1.